The first-order valence-electron chi connectivity index (χ1n) is 6.31. The molecule has 6 heteroatoms. The summed E-state index contributed by atoms with van der Waals surface area (Å²) >= 11 is 11.7. The lowest BCUT2D eigenvalue weighted by Crippen LogP contribution is -2.52. The fourth-order valence-corrected chi connectivity index (χ4v) is 2.79. The van der Waals surface area contributed by atoms with Crippen molar-refractivity contribution in [1.29, 1.82) is 0 Å². The van der Waals surface area contributed by atoms with Crippen molar-refractivity contribution in [2.24, 2.45) is 0 Å². The Bertz CT molecular complexity index is 474. The smallest absolute Gasteiger partial charge is 0.253 e. The third kappa shape index (κ3) is 3.38. The van der Waals surface area contributed by atoms with Gasteiger partial charge in [0.15, 0.2) is 0 Å². The van der Waals surface area contributed by atoms with Crippen LogP contribution < -0.4 is 5.32 Å². The van der Waals surface area contributed by atoms with Crippen LogP contribution in [0.3, 0.4) is 0 Å². The third-order valence-electron chi connectivity index (χ3n) is 3.56. The van der Waals surface area contributed by atoms with E-state index >= 15 is 0 Å². The van der Waals surface area contributed by atoms with Crippen molar-refractivity contribution >= 4 is 29.1 Å². The predicted octanol–water partition coefficient (Wildman–Crippen LogP) is 2.81. The van der Waals surface area contributed by atoms with Gasteiger partial charge in [0.25, 0.3) is 5.91 Å². The lowest BCUT2D eigenvalue weighted by atomic mass is 9.82. The highest BCUT2D eigenvalue weighted by Gasteiger charge is 2.33. The molecule has 1 aromatic rings. The number of nitrogens with zero attached hydrogens (tertiary/aromatic N) is 1. The molecule has 0 atom stereocenters. The summed E-state index contributed by atoms with van der Waals surface area (Å²) in [5.74, 6) is -0.315. The van der Waals surface area contributed by atoms with Crippen LogP contribution in [0, 0.1) is 0 Å². The van der Waals surface area contributed by atoms with E-state index in [-0.39, 0.29) is 22.7 Å². The molecule has 0 unspecified atom stereocenters. The molecule has 0 radical (unpaired) electrons. The van der Waals surface area contributed by atoms with Crippen LogP contribution in [0.5, 0.6) is 0 Å². The molecule has 1 heterocycles. The summed E-state index contributed by atoms with van der Waals surface area (Å²) in [6.45, 7) is -0.0603. The minimum atomic E-state index is -0.533. The van der Waals surface area contributed by atoms with Crippen LogP contribution in [0.4, 0.5) is 0 Å². The van der Waals surface area contributed by atoms with Gasteiger partial charge in [-0.15, -0.1) is 0 Å². The maximum atomic E-state index is 12.3. The highest BCUT2D eigenvalue weighted by molar-refractivity contribution is 6.35. The fourth-order valence-electron chi connectivity index (χ4n) is 2.45. The average Bonchev–Trinajstić information content (AvgIpc) is 2.42. The number of carbonyl (C=O) groups excluding carboxylic acids is 1. The molecule has 1 aliphatic rings. The van der Waals surface area contributed by atoms with Crippen LogP contribution in [0.1, 0.15) is 42.5 Å². The second kappa shape index (κ2) is 6.07. The highest BCUT2D eigenvalue weighted by atomic mass is 35.5. The summed E-state index contributed by atoms with van der Waals surface area (Å²) in [6, 6.07) is 1.44. The van der Waals surface area contributed by atoms with Crippen molar-refractivity contribution in [2.75, 3.05) is 6.61 Å². The Labute approximate surface area is 122 Å². The molecule has 1 aliphatic carbocycles. The third-order valence-corrected chi connectivity index (χ3v) is 4.07. The zero-order chi connectivity index (χ0) is 13.9. The SMILES string of the molecule is O=C(NC1(CO)CCCCC1)c1cc(Cl)ncc1Cl. The maximum absolute atomic E-state index is 12.3. The summed E-state index contributed by atoms with van der Waals surface area (Å²) in [4.78, 5) is 16.1. The molecule has 1 fully saturated rings. The summed E-state index contributed by atoms with van der Waals surface area (Å²) in [5.41, 5.74) is -0.242. The molecule has 1 aromatic heterocycles. The quantitative estimate of drug-likeness (QED) is 0.844. The molecule has 1 saturated carbocycles. The van der Waals surface area contributed by atoms with Crippen LogP contribution in [0.25, 0.3) is 0 Å². The number of amides is 1. The number of pyridine rings is 1. The predicted molar refractivity (Wildman–Crippen MR) is 74.6 cm³/mol. The zero-order valence-corrected chi connectivity index (χ0v) is 12.0. The second-order valence-corrected chi connectivity index (χ2v) is 5.73. The summed E-state index contributed by atoms with van der Waals surface area (Å²) in [7, 11) is 0. The van der Waals surface area contributed by atoms with Crippen molar-refractivity contribution in [3.8, 4) is 0 Å². The molecule has 2 rings (SSSR count). The molecule has 0 spiro atoms. The highest BCUT2D eigenvalue weighted by Crippen LogP contribution is 2.29. The van der Waals surface area contributed by atoms with Gasteiger partial charge in [-0.25, -0.2) is 4.98 Å². The van der Waals surface area contributed by atoms with Crippen LogP contribution >= 0.6 is 23.2 Å². The van der Waals surface area contributed by atoms with Crippen molar-refractivity contribution in [3.05, 3.63) is 28.0 Å². The van der Waals surface area contributed by atoms with Crippen molar-refractivity contribution in [3.63, 3.8) is 0 Å². The molecular weight excluding hydrogens is 287 g/mol. The number of aliphatic hydroxyl groups excluding tert-OH is 1. The van der Waals surface area contributed by atoms with E-state index in [0.29, 0.717) is 5.56 Å². The van der Waals surface area contributed by atoms with Crippen molar-refractivity contribution in [1.82, 2.24) is 10.3 Å². The van der Waals surface area contributed by atoms with Gasteiger partial charge in [0, 0.05) is 6.20 Å². The molecular formula is C13H16Cl2N2O2. The van der Waals surface area contributed by atoms with E-state index in [9.17, 15) is 9.90 Å². The van der Waals surface area contributed by atoms with E-state index in [1.165, 1.54) is 12.3 Å². The van der Waals surface area contributed by atoms with Gasteiger partial charge in [-0.05, 0) is 18.9 Å². The van der Waals surface area contributed by atoms with E-state index in [2.05, 4.69) is 10.3 Å². The van der Waals surface area contributed by atoms with Crippen molar-refractivity contribution < 1.29 is 9.90 Å². The minimum absolute atomic E-state index is 0.0603. The molecule has 2 N–H and O–H groups in total. The molecule has 1 amide bonds. The average molecular weight is 303 g/mol. The number of carbonyl (C=O) groups is 1. The standard InChI is InChI=1S/C13H16Cl2N2O2/c14-10-7-16-11(15)6-9(10)12(19)17-13(8-18)4-2-1-3-5-13/h6-7,18H,1-5,8H2,(H,17,19). The number of aromatic nitrogens is 1. The van der Waals surface area contributed by atoms with Crippen LogP contribution in [-0.4, -0.2) is 28.1 Å². The first kappa shape index (κ1) is 14.6. The largest absolute Gasteiger partial charge is 0.394 e. The van der Waals surface area contributed by atoms with Gasteiger partial charge in [-0.3, -0.25) is 4.79 Å². The van der Waals surface area contributed by atoms with E-state index in [0.717, 1.165) is 32.1 Å². The Morgan fingerprint density at radius 1 is 1.37 bits per heavy atom. The second-order valence-electron chi connectivity index (χ2n) is 4.94. The number of halogens is 2. The van der Waals surface area contributed by atoms with Gasteiger partial charge in [0.05, 0.1) is 22.7 Å². The molecule has 0 bridgehead atoms. The van der Waals surface area contributed by atoms with E-state index in [1.54, 1.807) is 0 Å². The lowest BCUT2D eigenvalue weighted by Gasteiger charge is -2.36. The number of rotatable bonds is 3. The number of hydrogen-bond donors (Lipinski definition) is 2. The van der Waals surface area contributed by atoms with Gasteiger partial charge < -0.3 is 10.4 Å². The topological polar surface area (TPSA) is 62.2 Å². The van der Waals surface area contributed by atoms with Gasteiger partial charge in [-0.2, -0.15) is 0 Å². The summed E-state index contributed by atoms with van der Waals surface area (Å²) in [5, 5.41) is 13.0. The summed E-state index contributed by atoms with van der Waals surface area (Å²) < 4.78 is 0. The molecule has 0 saturated heterocycles. The van der Waals surface area contributed by atoms with Gasteiger partial charge in [-0.1, -0.05) is 42.5 Å². The minimum Gasteiger partial charge on any atom is -0.394 e. The lowest BCUT2D eigenvalue weighted by molar-refractivity contribution is 0.0758. The Kier molecular flexibility index (Phi) is 4.66. The van der Waals surface area contributed by atoms with Gasteiger partial charge >= 0.3 is 0 Å². The van der Waals surface area contributed by atoms with Crippen molar-refractivity contribution in [2.45, 2.75) is 37.6 Å². The van der Waals surface area contributed by atoms with Crippen LogP contribution in [0.2, 0.25) is 10.2 Å². The number of aliphatic hydroxyl groups is 1. The first-order chi connectivity index (χ1) is 9.06. The van der Waals surface area contributed by atoms with E-state index < -0.39 is 5.54 Å². The normalized spacial score (nSPS) is 18.1. The fraction of sp³-hybridized carbons (Fsp3) is 0.538. The molecule has 0 aromatic carbocycles. The van der Waals surface area contributed by atoms with Gasteiger partial charge in [0.1, 0.15) is 5.15 Å². The molecule has 104 valence electrons. The Morgan fingerprint density at radius 3 is 2.68 bits per heavy atom. The molecule has 4 nitrogen and oxygen atoms in total. The molecule has 0 aliphatic heterocycles. The van der Waals surface area contributed by atoms with Crippen LogP contribution in [-0.2, 0) is 0 Å². The number of nitrogens with one attached hydrogen (secondary N) is 1. The van der Waals surface area contributed by atoms with E-state index in [4.69, 9.17) is 23.2 Å². The summed E-state index contributed by atoms with van der Waals surface area (Å²) in [6.07, 6.45) is 6.07. The Balaban J connectivity index is 2.17. The first-order valence-corrected chi connectivity index (χ1v) is 7.06. The van der Waals surface area contributed by atoms with Gasteiger partial charge in [0.2, 0.25) is 0 Å². The Morgan fingerprint density at radius 2 is 2.05 bits per heavy atom. The van der Waals surface area contributed by atoms with E-state index in [1.807, 2.05) is 0 Å². The van der Waals surface area contributed by atoms with Crippen LogP contribution in [0.15, 0.2) is 12.3 Å². The molecule has 19 heavy (non-hydrogen) atoms. The number of hydrogen-bond acceptors (Lipinski definition) is 3. The monoisotopic (exact) mass is 302 g/mol. The Hall–Kier alpha value is -0.840. The maximum Gasteiger partial charge on any atom is 0.253 e. The zero-order valence-electron chi connectivity index (χ0n) is 10.5.